The van der Waals surface area contributed by atoms with Gasteiger partial charge in [0.2, 0.25) is 0 Å². The van der Waals surface area contributed by atoms with Gasteiger partial charge in [0, 0.05) is 61.8 Å². The predicted molar refractivity (Wildman–Crippen MR) is 109 cm³/mol. The molecule has 0 radical (unpaired) electrons. The van der Waals surface area contributed by atoms with Crippen molar-refractivity contribution in [1.29, 1.82) is 0 Å². The SMILES string of the molecule is O=C(Nc1cccc(N2CCN(CC3CC3)CC2)c1)c1ccc([N+](=O)[O-])cc1. The Morgan fingerprint density at radius 3 is 2.43 bits per heavy atom. The van der Waals surface area contributed by atoms with Crippen molar-refractivity contribution in [2.75, 3.05) is 42.9 Å². The van der Waals surface area contributed by atoms with Crippen molar-refractivity contribution in [3.05, 3.63) is 64.2 Å². The van der Waals surface area contributed by atoms with Crippen molar-refractivity contribution in [3.63, 3.8) is 0 Å². The third kappa shape index (κ3) is 4.48. The monoisotopic (exact) mass is 380 g/mol. The predicted octanol–water partition coefficient (Wildman–Crippen LogP) is 3.38. The van der Waals surface area contributed by atoms with Gasteiger partial charge in [-0.3, -0.25) is 19.8 Å². The molecule has 0 aromatic heterocycles. The first-order valence-electron chi connectivity index (χ1n) is 9.72. The third-order valence-electron chi connectivity index (χ3n) is 5.40. The van der Waals surface area contributed by atoms with Crippen molar-refractivity contribution in [2.45, 2.75) is 12.8 Å². The van der Waals surface area contributed by atoms with E-state index in [2.05, 4.69) is 21.2 Å². The summed E-state index contributed by atoms with van der Waals surface area (Å²) in [6, 6.07) is 13.5. The van der Waals surface area contributed by atoms with Gasteiger partial charge in [-0.25, -0.2) is 0 Å². The van der Waals surface area contributed by atoms with Crippen LogP contribution in [0.5, 0.6) is 0 Å². The number of benzene rings is 2. The highest BCUT2D eigenvalue weighted by atomic mass is 16.6. The van der Waals surface area contributed by atoms with Crippen LogP contribution in [0.15, 0.2) is 48.5 Å². The highest BCUT2D eigenvalue weighted by Crippen LogP contribution is 2.30. The quantitative estimate of drug-likeness (QED) is 0.614. The van der Waals surface area contributed by atoms with Crippen LogP contribution in [0.3, 0.4) is 0 Å². The Morgan fingerprint density at radius 1 is 1.07 bits per heavy atom. The first-order chi connectivity index (χ1) is 13.6. The summed E-state index contributed by atoms with van der Waals surface area (Å²) in [5.41, 5.74) is 2.19. The minimum Gasteiger partial charge on any atom is -0.369 e. The molecule has 1 saturated carbocycles. The zero-order valence-corrected chi connectivity index (χ0v) is 15.7. The van der Waals surface area contributed by atoms with Crippen molar-refractivity contribution < 1.29 is 9.72 Å². The lowest BCUT2D eigenvalue weighted by Crippen LogP contribution is -2.47. The first kappa shape index (κ1) is 18.4. The number of amides is 1. The Labute approximate surface area is 164 Å². The molecule has 28 heavy (non-hydrogen) atoms. The molecule has 0 atom stereocenters. The third-order valence-corrected chi connectivity index (χ3v) is 5.40. The molecular weight excluding hydrogens is 356 g/mol. The second kappa shape index (κ2) is 7.98. The van der Waals surface area contributed by atoms with Gasteiger partial charge in [-0.15, -0.1) is 0 Å². The van der Waals surface area contributed by atoms with Gasteiger partial charge in [-0.2, -0.15) is 0 Å². The zero-order valence-electron chi connectivity index (χ0n) is 15.7. The number of nitrogens with one attached hydrogen (secondary N) is 1. The van der Waals surface area contributed by atoms with E-state index in [-0.39, 0.29) is 11.6 Å². The molecular formula is C21H24N4O3. The molecule has 1 heterocycles. The smallest absolute Gasteiger partial charge is 0.269 e. The van der Waals surface area contributed by atoms with Crippen LogP contribution in [0.1, 0.15) is 23.2 Å². The number of nitro benzene ring substituents is 1. The first-order valence-corrected chi connectivity index (χ1v) is 9.72. The van der Waals surface area contributed by atoms with Crippen LogP contribution in [0.4, 0.5) is 17.1 Å². The summed E-state index contributed by atoms with van der Waals surface area (Å²) in [4.78, 5) is 27.6. The molecule has 1 N–H and O–H groups in total. The standard InChI is InChI=1S/C21H24N4O3/c26-21(17-6-8-19(9-7-17)25(27)28)22-18-2-1-3-20(14-18)24-12-10-23(11-13-24)15-16-4-5-16/h1-3,6-9,14,16H,4-5,10-13,15H2,(H,22,26). The van der Waals surface area contributed by atoms with Crippen molar-refractivity contribution in [1.82, 2.24) is 4.90 Å². The summed E-state index contributed by atoms with van der Waals surface area (Å²) < 4.78 is 0. The molecule has 1 saturated heterocycles. The molecule has 2 aliphatic rings. The number of hydrogen-bond acceptors (Lipinski definition) is 5. The molecule has 0 spiro atoms. The fourth-order valence-electron chi connectivity index (χ4n) is 3.57. The number of piperazine rings is 1. The fourth-order valence-corrected chi connectivity index (χ4v) is 3.57. The van der Waals surface area contributed by atoms with Crippen LogP contribution in [-0.2, 0) is 0 Å². The van der Waals surface area contributed by atoms with Gasteiger partial charge >= 0.3 is 0 Å². The largest absolute Gasteiger partial charge is 0.369 e. The molecule has 0 bridgehead atoms. The van der Waals surface area contributed by atoms with Crippen LogP contribution in [0.25, 0.3) is 0 Å². The van der Waals surface area contributed by atoms with Crippen LogP contribution in [0.2, 0.25) is 0 Å². The number of nitrogens with zero attached hydrogens (tertiary/aromatic N) is 3. The van der Waals surface area contributed by atoms with Gasteiger partial charge in [0.1, 0.15) is 0 Å². The number of hydrogen-bond donors (Lipinski definition) is 1. The molecule has 2 fully saturated rings. The highest BCUT2D eigenvalue weighted by Gasteiger charge is 2.26. The van der Waals surface area contributed by atoms with E-state index in [1.54, 1.807) is 0 Å². The number of rotatable bonds is 6. The summed E-state index contributed by atoms with van der Waals surface area (Å²) in [6.45, 7) is 5.38. The number of carbonyl (C=O) groups is 1. The number of anilines is 2. The Morgan fingerprint density at radius 2 is 1.79 bits per heavy atom. The van der Waals surface area contributed by atoms with Crippen LogP contribution in [-0.4, -0.2) is 48.5 Å². The molecule has 1 amide bonds. The normalized spacial score (nSPS) is 17.4. The topological polar surface area (TPSA) is 78.7 Å². The molecule has 2 aromatic rings. The van der Waals surface area contributed by atoms with Crippen LogP contribution < -0.4 is 10.2 Å². The van der Waals surface area contributed by atoms with E-state index in [4.69, 9.17) is 0 Å². The molecule has 1 aliphatic carbocycles. The minimum atomic E-state index is -0.477. The summed E-state index contributed by atoms with van der Waals surface area (Å²) in [5, 5.41) is 13.6. The maximum absolute atomic E-state index is 12.4. The zero-order chi connectivity index (χ0) is 19.5. The summed E-state index contributed by atoms with van der Waals surface area (Å²) >= 11 is 0. The molecule has 146 valence electrons. The molecule has 0 unspecified atom stereocenters. The number of carbonyl (C=O) groups excluding carboxylic acids is 1. The molecule has 7 heteroatoms. The summed E-state index contributed by atoms with van der Waals surface area (Å²) in [7, 11) is 0. The van der Waals surface area contributed by atoms with E-state index >= 15 is 0 Å². The van der Waals surface area contributed by atoms with Gasteiger partial charge in [-0.1, -0.05) is 6.07 Å². The maximum atomic E-state index is 12.4. The number of nitro groups is 1. The van der Waals surface area contributed by atoms with Gasteiger partial charge in [-0.05, 0) is 49.1 Å². The maximum Gasteiger partial charge on any atom is 0.269 e. The molecule has 2 aromatic carbocycles. The lowest BCUT2D eigenvalue weighted by Gasteiger charge is -2.36. The Bertz CT molecular complexity index is 856. The summed E-state index contributed by atoms with van der Waals surface area (Å²) in [5.74, 6) is 0.644. The van der Waals surface area contributed by atoms with Gasteiger partial charge in [0.15, 0.2) is 0 Å². The van der Waals surface area contributed by atoms with Crippen LogP contribution in [0, 0.1) is 16.0 Å². The molecule has 1 aliphatic heterocycles. The Hall–Kier alpha value is -2.93. The van der Waals surface area contributed by atoms with Gasteiger partial charge < -0.3 is 10.2 Å². The molecule has 4 rings (SSSR count). The van der Waals surface area contributed by atoms with E-state index in [0.29, 0.717) is 5.56 Å². The average molecular weight is 380 g/mol. The van der Waals surface area contributed by atoms with E-state index in [0.717, 1.165) is 43.5 Å². The van der Waals surface area contributed by atoms with Crippen LogP contribution >= 0.6 is 0 Å². The van der Waals surface area contributed by atoms with Crippen molar-refractivity contribution >= 4 is 23.0 Å². The minimum absolute atomic E-state index is 0.0284. The van der Waals surface area contributed by atoms with Gasteiger partial charge in [0.05, 0.1) is 4.92 Å². The van der Waals surface area contributed by atoms with Gasteiger partial charge in [0.25, 0.3) is 11.6 Å². The fraction of sp³-hybridized carbons (Fsp3) is 0.381. The Balaban J connectivity index is 1.36. The lowest BCUT2D eigenvalue weighted by atomic mass is 10.1. The summed E-state index contributed by atoms with van der Waals surface area (Å²) in [6.07, 6.45) is 2.77. The van der Waals surface area contributed by atoms with Crippen molar-refractivity contribution in [3.8, 4) is 0 Å². The molecule has 7 nitrogen and oxygen atoms in total. The van der Waals surface area contributed by atoms with E-state index in [1.165, 1.54) is 43.7 Å². The second-order valence-electron chi connectivity index (χ2n) is 7.54. The van der Waals surface area contributed by atoms with Crippen molar-refractivity contribution in [2.24, 2.45) is 5.92 Å². The lowest BCUT2D eigenvalue weighted by molar-refractivity contribution is -0.384. The Kier molecular flexibility index (Phi) is 5.25. The second-order valence-corrected chi connectivity index (χ2v) is 7.54. The van der Waals surface area contributed by atoms with E-state index in [1.807, 2.05) is 18.2 Å². The number of non-ortho nitro benzene ring substituents is 1. The van der Waals surface area contributed by atoms with E-state index in [9.17, 15) is 14.9 Å². The average Bonchev–Trinajstić information content (AvgIpc) is 3.53. The highest BCUT2D eigenvalue weighted by molar-refractivity contribution is 6.04. The van der Waals surface area contributed by atoms with E-state index < -0.39 is 4.92 Å².